The Bertz CT molecular complexity index is 605. The Morgan fingerprint density at radius 2 is 1.67 bits per heavy atom. The summed E-state index contributed by atoms with van der Waals surface area (Å²) in [5.74, 6) is 0. The van der Waals surface area contributed by atoms with Gasteiger partial charge in [-0.3, -0.25) is 0 Å². The van der Waals surface area contributed by atoms with E-state index in [2.05, 4.69) is 22.0 Å². The van der Waals surface area contributed by atoms with Crippen LogP contribution in [0.4, 0.5) is 0 Å². The Labute approximate surface area is 124 Å². The minimum absolute atomic E-state index is 0.755. The molecule has 18 heavy (non-hydrogen) atoms. The Morgan fingerprint density at radius 1 is 1.00 bits per heavy atom. The SMILES string of the molecule is CSc1cccc(Sc2ccccc2Br)c1C#N. The van der Waals surface area contributed by atoms with Gasteiger partial charge in [0, 0.05) is 19.2 Å². The van der Waals surface area contributed by atoms with Crippen LogP contribution in [0.1, 0.15) is 5.56 Å². The zero-order valence-electron chi connectivity index (χ0n) is 9.68. The molecule has 0 saturated heterocycles. The summed E-state index contributed by atoms with van der Waals surface area (Å²) >= 11 is 6.74. The summed E-state index contributed by atoms with van der Waals surface area (Å²) in [6.45, 7) is 0. The molecule has 4 heteroatoms. The largest absolute Gasteiger partial charge is 0.192 e. The van der Waals surface area contributed by atoms with Crippen LogP contribution in [0.2, 0.25) is 0 Å². The van der Waals surface area contributed by atoms with Crippen LogP contribution in [0.15, 0.2) is 61.6 Å². The van der Waals surface area contributed by atoms with Crippen LogP contribution >= 0.6 is 39.5 Å². The molecular formula is C14H10BrNS2. The molecule has 2 aromatic rings. The van der Waals surface area contributed by atoms with Gasteiger partial charge >= 0.3 is 0 Å². The monoisotopic (exact) mass is 335 g/mol. The van der Waals surface area contributed by atoms with Gasteiger partial charge in [0.2, 0.25) is 0 Å². The lowest BCUT2D eigenvalue weighted by Gasteiger charge is -2.08. The maximum atomic E-state index is 9.29. The van der Waals surface area contributed by atoms with Crippen molar-refractivity contribution in [2.45, 2.75) is 14.7 Å². The summed E-state index contributed by atoms with van der Waals surface area (Å²) in [5, 5.41) is 9.29. The molecule has 0 aliphatic heterocycles. The molecule has 0 aliphatic rings. The Morgan fingerprint density at radius 3 is 2.33 bits per heavy atom. The van der Waals surface area contributed by atoms with Gasteiger partial charge in [-0.15, -0.1) is 11.8 Å². The highest BCUT2D eigenvalue weighted by atomic mass is 79.9. The molecule has 1 nitrogen and oxygen atoms in total. The third kappa shape index (κ3) is 2.92. The molecule has 0 fully saturated rings. The van der Waals surface area contributed by atoms with Crippen molar-refractivity contribution in [3.8, 4) is 6.07 Å². The lowest BCUT2D eigenvalue weighted by molar-refractivity contribution is 1.25. The summed E-state index contributed by atoms with van der Waals surface area (Å²) in [4.78, 5) is 3.14. The van der Waals surface area contributed by atoms with E-state index in [1.54, 1.807) is 23.5 Å². The molecule has 0 aliphatic carbocycles. The number of nitriles is 1. The van der Waals surface area contributed by atoms with Crippen molar-refractivity contribution in [3.63, 3.8) is 0 Å². The molecular weight excluding hydrogens is 326 g/mol. The molecule has 0 aromatic heterocycles. The predicted molar refractivity (Wildman–Crippen MR) is 81.2 cm³/mol. The highest BCUT2D eigenvalue weighted by Gasteiger charge is 2.09. The van der Waals surface area contributed by atoms with E-state index >= 15 is 0 Å². The van der Waals surface area contributed by atoms with Gasteiger partial charge in [-0.1, -0.05) is 30.0 Å². The van der Waals surface area contributed by atoms with E-state index in [1.807, 2.05) is 48.7 Å². The number of hydrogen-bond donors (Lipinski definition) is 0. The van der Waals surface area contributed by atoms with Gasteiger partial charge in [0.1, 0.15) is 6.07 Å². The minimum Gasteiger partial charge on any atom is -0.192 e. The second kappa shape index (κ2) is 6.33. The second-order valence-corrected chi connectivity index (χ2v) is 6.26. The molecule has 0 unspecified atom stereocenters. The van der Waals surface area contributed by atoms with Gasteiger partial charge in [-0.25, -0.2) is 0 Å². The quantitative estimate of drug-likeness (QED) is 0.721. The highest BCUT2D eigenvalue weighted by molar-refractivity contribution is 9.10. The number of rotatable bonds is 3. The maximum absolute atomic E-state index is 9.29. The first kappa shape index (κ1) is 13.5. The summed E-state index contributed by atoms with van der Waals surface area (Å²) in [7, 11) is 0. The van der Waals surface area contributed by atoms with Crippen molar-refractivity contribution in [2.75, 3.05) is 6.26 Å². The van der Waals surface area contributed by atoms with Crippen molar-refractivity contribution < 1.29 is 0 Å². The molecule has 0 bridgehead atoms. The van der Waals surface area contributed by atoms with Crippen LogP contribution in [0, 0.1) is 11.3 Å². The third-order valence-corrected chi connectivity index (χ3v) is 5.25. The zero-order valence-corrected chi connectivity index (χ0v) is 12.9. The molecule has 90 valence electrons. The fourth-order valence-electron chi connectivity index (χ4n) is 1.52. The number of hydrogen-bond acceptors (Lipinski definition) is 3. The molecule has 0 amide bonds. The third-order valence-electron chi connectivity index (χ3n) is 2.38. The molecule has 0 radical (unpaired) electrons. The van der Waals surface area contributed by atoms with Crippen molar-refractivity contribution in [3.05, 3.63) is 52.5 Å². The van der Waals surface area contributed by atoms with E-state index in [4.69, 9.17) is 0 Å². The lowest BCUT2D eigenvalue weighted by atomic mass is 10.2. The van der Waals surface area contributed by atoms with Crippen LogP contribution in [0.5, 0.6) is 0 Å². The van der Waals surface area contributed by atoms with Crippen molar-refractivity contribution in [1.82, 2.24) is 0 Å². The van der Waals surface area contributed by atoms with E-state index in [0.29, 0.717) is 0 Å². The van der Waals surface area contributed by atoms with Crippen molar-refractivity contribution >= 4 is 39.5 Å². The van der Waals surface area contributed by atoms with Crippen LogP contribution in [0.3, 0.4) is 0 Å². The molecule has 2 rings (SSSR count). The fraction of sp³-hybridized carbons (Fsp3) is 0.0714. The molecule has 0 saturated carbocycles. The van der Waals surface area contributed by atoms with Crippen LogP contribution < -0.4 is 0 Å². The predicted octanol–water partition coefficient (Wildman–Crippen LogP) is 5.19. The number of thioether (sulfide) groups is 1. The van der Waals surface area contributed by atoms with Gasteiger partial charge in [0.25, 0.3) is 0 Å². The van der Waals surface area contributed by atoms with E-state index in [-0.39, 0.29) is 0 Å². The molecule has 0 spiro atoms. The minimum atomic E-state index is 0.755. The number of nitrogens with zero attached hydrogens (tertiary/aromatic N) is 1. The molecule has 2 aromatic carbocycles. The first-order valence-electron chi connectivity index (χ1n) is 5.25. The maximum Gasteiger partial charge on any atom is 0.101 e. The molecule has 0 heterocycles. The second-order valence-electron chi connectivity index (χ2n) is 3.48. The smallest absolute Gasteiger partial charge is 0.101 e. The van der Waals surface area contributed by atoms with Gasteiger partial charge in [0.05, 0.1) is 5.56 Å². The van der Waals surface area contributed by atoms with E-state index in [9.17, 15) is 5.26 Å². The summed E-state index contributed by atoms with van der Waals surface area (Å²) in [5.41, 5.74) is 0.755. The Hall–Kier alpha value is -0.890. The Balaban J connectivity index is 2.42. The number of halogens is 1. The average Bonchev–Trinajstić information content (AvgIpc) is 2.41. The standard InChI is InChI=1S/C14H10BrNS2/c1-17-12-7-4-8-13(10(12)9-16)18-14-6-3-2-5-11(14)15/h2-8H,1H3. The fourth-order valence-corrected chi connectivity index (χ4v) is 3.64. The van der Waals surface area contributed by atoms with E-state index < -0.39 is 0 Å². The van der Waals surface area contributed by atoms with Gasteiger partial charge in [0.15, 0.2) is 0 Å². The summed E-state index contributed by atoms with van der Waals surface area (Å²) in [6.07, 6.45) is 1.99. The summed E-state index contributed by atoms with van der Waals surface area (Å²) in [6, 6.07) is 16.3. The summed E-state index contributed by atoms with van der Waals surface area (Å²) < 4.78 is 1.05. The van der Waals surface area contributed by atoms with Gasteiger partial charge in [-0.2, -0.15) is 5.26 Å². The Kier molecular flexibility index (Phi) is 4.76. The molecule has 0 atom stereocenters. The topological polar surface area (TPSA) is 23.8 Å². The zero-order chi connectivity index (χ0) is 13.0. The van der Waals surface area contributed by atoms with E-state index in [0.717, 1.165) is 24.7 Å². The lowest BCUT2D eigenvalue weighted by Crippen LogP contribution is -1.85. The van der Waals surface area contributed by atoms with Gasteiger partial charge in [-0.05, 0) is 46.5 Å². The first-order valence-corrected chi connectivity index (χ1v) is 8.09. The van der Waals surface area contributed by atoms with Crippen LogP contribution in [0.25, 0.3) is 0 Å². The van der Waals surface area contributed by atoms with Crippen molar-refractivity contribution in [2.24, 2.45) is 0 Å². The normalized spacial score (nSPS) is 10.1. The average molecular weight is 336 g/mol. The highest BCUT2D eigenvalue weighted by Crippen LogP contribution is 2.37. The van der Waals surface area contributed by atoms with Crippen LogP contribution in [-0.2, 0) is 0 Å². The van der Waals surface area contributed by atoms with E-state index in [1.165, 1.54) is 0 Å². The molecule has 0 N–H and O–H groups in total. The van der Waals surface area contributed by atoms with Gasteiger partial charge < -0.3 is 0 Å². The number of benzene rings is 2. The first-order chi connectivity index (χ1) is 8.76. The van der Waals surface area contributed by atoms with Crippen LogP contribution in [-0.4, -0.2) is 6.26 Å². The van der Waals surface area contributed by atoms with Crippen molar-refractivity contribution in [1.29, 1.82) is 5.26 Å².